The van der Waals surface area contributed by atoms with Crippen LogP contribution >= 0.6 is 11.6 Å². The summed E-state index contributed by atoms with van der Waals surface area (Å²) in [5.74, 6) is -0.156. The molecular formula is C26H28ClN3O3S. The van der Waals surface area contributed by atoms with E-state index in [-0.39, 0.29) is 16.7 Å². The highest BCUT2D eigenvalue weighted by Crippen LogP contribution is 2.32. The second-order valence-electron chi connectivity index (χ2n) is 8.69. The van der Waals surface area contributed by atoms with Crippen molar-refractivity contribution < 1.29 is 13.2 Å². The summed E-state index contributed by atoms with van der Waals surface area (Å²) in [7, 11) is -3.59. The summed E-state index contributed by atoms with van der Waals surface area (Å²) in [6.45, 7) is 5.10. The first kappa shape index (κ1) is 24.4. The van der Waals surface area contributed by atoms with Gasteiger partial charge in [-0.3, -0.25) is 9.78 Å². The molecule has 1 aliphatic rings. The van der Waals surface area contributed by atoms with Crippen LogP contribution < -0.4 is 5.32 Å². The van der Waals surface area contributed by atoms with E-state index in [1.54, 1.807) is 12.1 Å². The van der Waals surface area contributed by atoms with Crippen LogP contribution in [0.1, 0.15) is 51.6 Å². The van der Waals surface area contributed by atoms with Gasteiger partial charge in [-0.1, -0.05) is 41.4 Å². The van der Waals surface area contributed by atoms with Gasteiger partial charge in [0.15, 0.2) is 0 Å². The fourth-order valence-corrected chi connectivity index (χ4v) is 5.78. The molecule has 34 heavy (non-hydrogen) atoms. The molecule has 178 valence electrons. The van der Waals surface area contributed by atoms with E-state index >= 15 is 0 Å². The van der Waals surface area contributed by atoms with E-state index in [1.165, 1.54) is 22.0 Å². The maximum atomic E-state index is 13.0. The zero-order valence-electron chi connectivity index (χ0n) is 19.3. The van der Waals surface area contributed by atoms with Crippen molar-refractivity contribution in [3.63, 3.8) is 0 Å². The van der Waals surface area contributed by atoms with Crippen molar-refractivity contribution in [1.82, 2.24) is 14.6 Å². The molecule has 0 aliphatic carbocycles. The van der Waals surface area contributed by atoms with E-state index in [0.717, 1.165) is 17.0 Å². The largest absolute Gasteiger partial charge is 0.348 e. The highest BCUT2D eigenvalue weighted by Gasteiger charge is 2.32. The van der Waals surface area contributed by atoms with Crippen molar-refractivity contribution in [1.29, 1.82) is 0 Å². The lowest BCUT2D eigenvalue weighted by atomic mass is 9.90. The SMILES string of the molecule is Cc1ccc(CNC(=O)c2ccc(C)nc2C2CCN(S(=O)(=O)c3ccc(Cl)cc3)CC2)cc1. The molecule has 2 aromatic carbocycles. The summed E-state index contributed by atoms with van der Waals surface area (Å²) in [6.07, 6.45) is 1.20. The number of sulfonamides is 1. The molecule has 1 saturated heterocycles. The minimum absolute atomic E-state index is 0.0108. The van der Waals surface area contributed by atoms with Gasteiger partial charge in [-0.2, -0.15) is 4.31 Å². The van der Waals surface area contributed by atoms with E-state index in [2.05, 4.69) is 5.32 Å². The molecule has 1 aromatic heterocycles. The number of hydrogen-bond acceptors (Lipinski definition) is 4. The predicted octanol–water partition coefficient (Wildman–Crippen LogP) is 4.85. The molecule has 2 heterocycles. The fraction of sp³-hybridized carbons (Fsp3) is 0.308. The Bertz CT molecular complexity index is 1270. The summed E-state index contributed by atoms with van der Waals surface area (Å²) in [5, 5.41) is 3.49. The zero-order chi connectivity index (χ0) is 24.3. The van der Waals surface area contributed by atoms with Crippen molar-refractivity contribution in [3.8, 4) is 0 Å². The van der Waals surface area contributed by atoms with E-state index in [9.17, 15) is 13.2 Å². The maximum Gasteiger partial charge on any atom is 0.253 e. The summed E-state index contributed by atoms with van der Waals surface area (Å²) < 4.78 is 27.5. The second-order valence-corrected chi connectivity index (χ2v) is 11.1. The number of aryl methyl sites for hydroxylation is 2. The second kappa shape index (κ2) is 10.3. The van der Waals surface area contributed by atoms with E-state index in [0.29, 0.717) is 43.1 Å². The van der Waals surface area contributed by atoms with Gasteiger partial charge in [-0.15, -0.1) is 0 Å². The molecule has 3 aromatic rings. The summed E-state index contributed by atoms with van der Waals surface area (Å²) in [6, 6.07) is 17.9. The molecular weight excluding hydrogens is 470 g/mol. The lowest BCUT2D eigenvalue weighted by Crippen LogP contribution is -2.38. The van der Waals surface area contributed by atoms with Gasteiger partial charge >= 0.3 is 0 Å². The highest BCUT2D eigenvalue weighted by atomic mass is 35.5. The number of carbonyl (C=O) groups is 1. The van der Waals surface area contributed by atoms with Gasteiger partial charge in [0.1, 0.15) is 0 Å². The number of carbonyl (C=O) groups excluding carboxylic acids is 1. The summed E-state index contributed by atoms with van der Waals surface area (Å²) in [4.78, 5) is 18.0. The number of aromatic nitrogens is 1. The summed E-state index contributed by atoms with van der Waals surface area (Å²) >= 11 is 5.90. The first-order chi connectivity index (χ1) is 16.2. The molecule has 8 heteroatoms. The Morgan fingerprint density at radius 3 is 2.29 bits per heavy atom. The van der Waals surface area contributed by atoms with Gasteiger partial charge in [-0.05, 0) is 68.7 Å². The Hall–Kier alpha value is -2.74. The molecule has 0 saturated carbocycles. The third kappa shape index (κ3) is 5.49. The number of amides is 1. The quantitative estimate of drug-likeness (QED) is 0.528. The number of rotatable bonds is 6. The normalized spacial score (nSPS) is 15.3. The number of piperidine rings is 1. The van der Waals surface area contributed by atoms with Gasteiger partial charge in [0, 0.05) is 36.3 Å². The lowest BCUT2D eigenvalue weighted by Gasteiger charge is -2.31. The van der Waals surface area contributed by atoms with Gasteiger partial charge in [0.05, 0.1) is 16.2 Å². The van der Waals surface area contributed by atoms with E-state index in [4.69, 9.17) is 16.6 Å². The van der Waals surface area contributed by atoms with E-state index in [1.807, 2.05) is 50.2 Å². The van der Waals surface area contributed by atoms with Crippen LogP contribution in [-0.4, -0.2) is 36.7 Å². The van der Waals surface area contributed by atoms with Gasteiger partial charge in [-0.25, -0.2) is 8.42 Å². The first-order valence-corrected chi connectivity index (χ1v) is 13.1. The fourth-order valence-electron chi connectivity index (χ4n) is 4.19. The Labute approximate surface area is 206 Å². The van der Waals surface area contributed by atoms with Crippen molar-refractivity contribution in [2.75, 3.05) is 13.1 Å². The Balaban J connectivity index is 1.46. The van der Waals surface area contributed by atoms with E-state index < -0.39 is 10.0 Å². The van der Waals surface area contributed by atoms with Crippen molar-refractivity contribution >= 4 is 27.5 Å². The number of nitrogens with zero attached hydrogens (tertiary/aromatic N) is 2. The van der Waals surface area contributed by atoms with Gasteiger partial charge in [0.2, 0.25) is 10.0 Å². The standard InChI is InChI=1S/C26H28ClN3O3S/c1-18-3-6-20(7-4-18)17-28-26(31)24-12-5-19(2)29-25(24)21-13-15-30(16-14-21)34(32,33)23-10-8-22(27)9-11-23/h3-12,21H,13-17H2,1-2H3,(H,28,31). The van der Waals surface area contributed by atoms with Crippen LogP contribution in [0.4, 0.5) is 0 Å². The molecule has 1 N–H and O–H groups in total. The van der Waals surface area contributed by atoms with Crippen molar-refractivity contribution in [2.45, 2.75) is 44.0 Å². The average molecular weight is 498 g/mol. The topological polar surface area (TPSA) is 79.4 Å². The molecule has 0 radical (unpaired) electrons. The number of pyridine rings is 1. The highest BCUT2D eigenvalue weighted by molar-refractivity contribution is 7.89. The number of benzene rings is 2. The van der Waals surface area contributed by atoms with Crippen LogP contribution in [0.15, 0.2) is 65.6 Å². The van der Waals surface area contributed by atoms with Crippen LogP contribution in [0.25, 0.3) is 0 Å². The van der Waals surface area contributed by atoms with Crippen LogP contribution in [0.5, 0.6) is 0 Å². The minimum Gasteiger partial charge on any atom is -0.348 e. The van der Waals surface area contributed by atoms with Gasteiger partial charge in [0.25, 0.3) is 5.91 Å². The summed E-state index contributed by atoms with van der Waals surface area (Å²) in [5.41, 5.74) is 4.33. The van der Waals surface area contributed by atoms with Crippen LogP contribution in [0, 0.1) is 13.8 Å². The minimum atomic E-state index is -3.59. The monoisotopic (exact) mass is 497 g/mol. The predicted molar refractivity (Wildman–Crippen MR) is 134 cm³/mol. The van der Waals surface area contributed by atoms with Crippen LogP contribution in [0.2, 0.25) is 5.02 Å². The number of hydrogen-bond donors (Lipinski definition) is 1. The Morgan fingerprint density at radius 2 is 1.65 bits per heavy atom. The molecule has 0 bridgehead atoms. The van der Waals surface area contributed by atoms with Crippen molar-refractivity contribution in [2.24, 2.45) is 0 Å². The number of halogens is 1. The molecule has 4 rings (SSSR count). The van der Waals surface area contributed by atoms with Crippen LogP contribution in [0.3, 0.4) is 0 Å². The first-order valence-electron chi connectivity index (χ1n) is 11.3. The number of nitrogens with one attached hydrogen (secondary N) is 1. The van der Waals surface area contributed by atoms with Crippen LogP contribution in [-0.2, 0) is 16.6 Å². The molecule has 0 spiro atoms. The molecule has 1 aliphatic heterocycles. The van der Waals surface area contributed by atoms with Crippen molar-refractivity contribution in [3.05, 3.63) is 93.8 Å². The average Bonchev–Trinajstić information content (AvgIpc) is 2.84. The zero-order valence-corrected chi connectivity index (χ0v) is 20.9. The smallest absolute Gasteiger partial charge is 0.253 e. The molecule has 0 unspecified atom stereocenters. The third-order valence-corrected chi connectivity index (χ3v) is 8.34. The molecule has 1 fully saturated rings. The maximum absolute atomic E-state index is 13.0. The molecule has 0 atom stereocenters. The van der Waals surface area contributed by atoms with Gasteiger partial charge < -0.3 is 5.32 Å². The molecule has 6 nitrogen and oxygen atoms in total. The lowest BCUT2D eigenvalue weighted by molar-refractivity contribution is 0.0948. The molecule has 1 amide bonds. The Kier molecular flexibility index (Phi) is 7.36. The Morgan fingerprint density at radius 1 is 1.00 bits per heavy atom. The third-order valence-electron chi connectivity index (χ3n) is 6.17.